The molecule has 2 saturated carbocycles. The van der Waals surface area contributed by atoms with Gasteiger partial charge < -0.3 is 54.8 Å². The zero-order valence-corrected chi connectivity index (χ0v) is 45.8. The highest BCUT2D eigenvalue weighted by atomic mass is 35.5. The second-order valence-electron chi connectivity index (χ2n) is 20.5. The summed E-state index contributed by atoms with van der Waals surface area (Å²) in [5, 5.41) is 46.1. The molecule has 8 rings (SSSR count). The molecular formula is C58H73Cl2N5O10. The maximum absolute atomic E-state index is 13.2. The van der Waals surface area contributed by atoms with Crippen LogP contribution in [-0.4, -0.2) is 136 Å². The van der Waals surface area contributed by atoms with Crippen molar-refractivity contribution in [2.45, 2.75) is 87.6 Å². The molecule has 0 saturated heterocycles. The van der Waals surface area contributed by atoms with Crippen LogP contribution in [0.2, 0.25) is 10.0 Å². The highest BCUT2D eigenvalue weighted by molar-refractivity contribution is 6.31. The lowest BCUT2D eigenvalue weighted by Crippen LogP contribution is -2.50. The van der Waals surface area contributed by atoms with E-state index in [1.165, 1.54) is 4.90 Å². The van der Waals surface area contributed by atoms with Crippen molar-refractivity contribution in [3.05, 3.63) is 129 Å². The van der Waals surface area contributed by atoms with Crippen LogP contribution in [0.1, 0.15) is 86.5 Å². The SMILES string of the molecule is CN1C(=O)CC=C(CC(=O)O)c2ccc(Cl)cc21.COc1cccc(C2(O)CCC(NC(=O)CC3=CCC(=O)N(C)c4cc(Cl)ccc43)CC2CN(C)C)c1.COc1cccc(C2(O)CCC(O)CC2CN(C)C)c1. The molecule has 4 aliphatic rings. The third-order valence-corrected chi connectivity index (χ3v) is 15.2. The van der Waals surface area contributed by atoms with Crippen molar-refractivity contribution >= 4 is 69.4 Å². The molecule has 3 amide bonds. The molecule has 4 aromatic carbocycles. The molecule has 0 spiro atoms. The number of aliphatic hydroxyl groups excluding tert-OH is 1. The Hall–Kier alpha value is -5.78. The van der Waals surface area contributed by atoms with Crippen molar-refractivity contribution in [1.82, 2.24) is 15.1 Å². The monoisotopic (exact) mass is 1070 g/mol. The van der Waals surface area contributed by atoms with Crippen molar-refractivity contribution < 1.29 is 49.1 Å². The maximum atomic E-state index is 13.2. The van der Waals surface area contributed by atoms with E-state index in [0.29, 0.717) is 77.8 Å². The number of ether oxygens (including phenoxy) is 2. The van der Waals surface area contributed by atoms with Crippen molar-refractivity contribution in [3.8, 4) is 11.5 Å². The van der Waals surface area contributed by atoms with Gasteiger partial charge in [-0.05, 0) is 138 Å². The van der Waals surface area contributed by atoms with Crippen LogP contribution in [0.25, 0.3) is 11.1 Å². The Bertz CT molecular complexity index is 2750. The van der Waals surface area contributed by atoms with Gasteiger partial charge in [-0.3, -0.25) is 19.2 Å². The summed E-state index contributed by atoms with van der Waals surface area (Å²) in [6.07, 6.45) is 7.41. The van der Waals surface area contributed by atoms with E-state index in [0.717, 1.165) is 40.1 Å². The fourth-order valence-electron chi connectivity index (χ4n) is 10.7. The van der Waals surface area contributed by atoms with Gasteiger partial charge in [0.15, 0.2) is 0 Å². The van der Waals surface area contributed by atoms with Gasteiger partial charge in [-0.1, -0.05) is 71.8 Å². The number of carbonyl (C=O) groups is 4. The molecular weight excluding hydrogens is 998 g/mol. The van der Waals surface area contributed by atoms with Gasteiger partial charge in [-0.15, -0.1) is 0 Å². The zero-order valence-electron chi connectivity index (χ0n) is 44.3. The van der Waals surface area contributed by atoms with Gasteiger partial charge in [0.2, 0.25) is 17.7 Å². The number of carbonyl (C=O) groups excluding carboxylic acids is 3. The first-order chi connectivity index (χ1) is 35.5. The van der Waals surface area contributed by atoms with Gasteiger partial charge in [0.05, 0.1) is 55.7 Å². The molecule has 6 atom stereocenters. The van der Waals surface area contributed by atoms with Gasteiger partial charge in [-0.25, -0.2) is 0 Å². The highest BCUT2D eigenvalue weighted by Crippen LogP contribution is 2.45. The predicted molar refractivity (Wildman–Crippen MR) is 295 cm³/mol. The smallest absolute Gasteiger partial charge is 0.307 e. The first-order valence-electron chi connectivity index (χ1n) is 25.3. The summed E-state index contributed by atoms with van der Waals surface area (Å²) < 4.78 is 10.6. The molecule has 0 bridgehead atoms. The van der Waals surface area contributed by atoms with Crippen LogP contribution in [0.4, 0.5) is 11.4 Å². The number of aliphatic carboxylic acids is 1. The Morgan fingerprint density at radius 3 is 1.59 bits per heavy atom. The number of anilines is 2. The first-order valence-corrected chi connectivity index (χ1v) is 26.0. The largest absolute Gasteiger partial charge is 0.497 e. The number of hydrogen-bond acceptors (Lipinski definition) is 11. The number of fused-ring (bicyclic) bond motifs is 2. The number of halogens is 2. The van der Waals surface area contributed by atoms with Crippen LogP contribution >= 0.6 is 23.2 Å². The van der Waals surface area contributed by atoms with Crippen LogP contribution in [0, 0.1) is 11.8 Å². The summed E-state index contributed by atoms with van der Waals surface area (Å²) in [7, 11) is 14.6. The number of amides is 3. The van der Waals surface area contributed by atoms with Crippen LogP contribution in [0.5, 0.6) is 11.5 Å². The number of carboxylic acid groups (broad SMARTS) is 1. The number of carboxylic acids is 1. The molecule has 4 aromatic rings. The van der Waals surface area contributed by atoms with Gasteiger partial charge in [0.25, 0.3) is 0 Å². The average Bonchev–Trinajstić information content (AvgIpc) is 3.56. The Morgan fingerprint density at radius 2 is 1.13 bits per heavy atom. The van der Waals surface area contributed by atoms with E-state index in [4.69, 9.17) is 37.8 Å². The maximum Gasteiger partial charge on any atom is 0.307 e. The van der Waals surface area contributed by atoms with Crippen LogP contribution in [-0.2, 0) is 30.4 Å². The molecule has 2 fully saturated rings. The van der Waals surface area contributed by atoms with E-state index in [2.05, 4.69) is 15.1 Å². The summed E-state index contributed by atoms with van der Waals surface area (Å²) in [5.74, 6) is 0.281. The average molecular weight is 1070 g/mol. The second-order valence-corrected chi connectivity index (χ2v) is 21.4. The van der Waals surface area contributed by atoms with E-state index in [1.807, 2.05) is 88.9 Å². The number of hydrogen-bond donors (Lipinski definition) is 5. The molecule has 75 heavy (non-hydrogen) atoms. The second kappa shape index (κ2) is 25.8. The fourth-order valence-corrected chi connectivity index (χ4v) is 11.1. The number of aliphatic hydroxyl groups is 3. The van der Waals surface area contributed by atoms with Gasteiger partial charge >= 0.3 is 5.97 Å². The summed E-state index contributed by atoms with van der Waals surface area (Å²) in [6, 6.07) is 25.7. The Labute approximate surface area is 451 Å². The lowest BCUT2D eigenvalue weighted by molar-refractivity contribution is -0.135. The lowest BCUT2D eigenvalue weighted by atomic mass is 9.69. The van der Waals surface area contributed by atoms with E-state index in [1.54, 1.807) is 69.6 Å². The molecule has 2 aliphatic heterocycles. The summed E-state index contributed by atoms with van der Waals surface area (Å²) in [6.45, 7) is 1.44. The minimum Gasteiger partial charge on any atom is -0.497 e. The molecule has 15 nitrogen and oxygen atoms in total. The summed E-state index contributed by atoms with van der Waals surface area (Å²) >= 11 is 12.1. The number of benzene rings is 4. The van der Waals surface area contributed by atoms with Crippen molar-refractivity contribution in [1.29, 1.82) is 0 Å². The lowest BCUT2D eigenvalue weighted by Gasteiger charge is -2.44. The van der Waals surface area contributed by atoms with Gasteiger partial charge in [0.1, 0.15) is 11.5 Å². The minimum absolute atomic E-state index is 0.0216. The molecule has 6 unspecified atom stereocenters. The number of nitrogens with zero attached hydrogens (tertiary/aromatic N) is 4. The third-order valence-electron chi connectivity index (χ3n) is 14.7. The van der Waals surface area contributed by atoms with Crippen LogP contribution < -0.4 is 24.6 Å². The molecule has 2 aliphatic carbocycles. The van der Waals surface area contributed by atoms with E-state index >= 15 is 0 Å². The predicted octanol–water partition coefficient (Wildman–Crippen LogP) is 8.39. The molecule has 0 radical (unpaired) electrons. The third kappa shape index (κ3) is 14.8. The first kappa shape index (κ1) is 58.5. The van der Waals surface area contributed by atoms with Crippen molar-refractivity contribution in [2.24, 2.45) is 11.8 Å². The summed E-state index contributed by atoms with van der Waals surface area (Å²) in [4.78, 5) is 55.6. The standard InChI is InChI=1S/C29H36ClN3O4.C16H25NO3.C13H12ClNO3/c1-32(2)18-21-15-23(12-13-29(21,36)20-6-5-7-24(16-20)37-4)31-27(34)14-19-8-11-28(35)33(3)26-17-22(30)9-10-25(19)26;1-17(2)11-13-9-14(18)7-8-16(13,19)12-5-4-6-15(10-12)20-3;1-15-11-7-9(14)3-4-10(11)8(6-13(17)18)2-5-12(15)16/h5-10,16-17,21,23,36H,11-15,18H2,1-4H3,(H,31,34);4-6,10,13-14,18-19H,7-9,11H2,1-3H3;2-4,7H,5-6H2,1H3,(H,17,18). The Morgan fingerprint density at radius 1 is 0.680 bits per heavy atom. The minimum atomic E-state index is -1.01. The summed E-state index contributed by atoms with van der Waals surface area (Å²) in [5.41, 5.74) is 4.24. The number of nitrogens with one attached hydrogen (secondary N) is 1. The topological polar surface area (TPSA) is 193 Å². The van der Waals surface area contributed by atoms with Gasteiger partial charge in [-0.2, -0.15) is 0 Å². The van der Waals surface area contributed by atoms with E-state index < -0.39 is 17.2 Å². The number of rotatable bonds is 13. The molecule has 404 valence electrons. The number of methoxy groups -OCH3 is 2. The van der Waals surface area contributed by atoms with E-state index in [-0.39, 0.29) is 67.4 Å². The zero-order chi connectivity index (χ0) is 54.8. The molecule has 2 heterocycles. The quantitative estimate of drug-likeness (QED) is 0.0861. The van der Waals surface area contributed by atoms with E-state index in [9.17, 15) is 34.5 Å². The molecule has 17 heteroatoms. The Kier molecular flexibility index (Phi) is 20.1. The molecule has 5 N–H and O–H groups in total. The Balaban J connectivity index is 0.000000202. The van der Waals surface area contributed by atoms with Crippen LogP contribution in [0.15, 0.2) is 97.1 Å². The normalized spacial score (nSPS) is 23.5. The van der Waals surface area contributed by atoms with Crippen molar-refractivity contribution in [3.63, 3.8) is 0 Å². The van der Waals surface area contributed by atoms with Crippen molar-refractivity contribution in [2.75, 3.05) is 79.4 Å². The highest BCUT2D eigenvalue weighted by Gasteiger charge is 2.45. The van der Waals surface area contributed by atoms with Gasteiger partial charge in [0, 0.05) is 79.1 Å². The molecule has 0 aromatic heterocycles. The van der Waals surface area contributed by atoms with Crippen LogP contribution in [0.3, 0.4) is 0 Å². The fraction of sp³-hybridized carbons (Fsp3) is 0.448.